The molecular formula is C16H13F2N3. The van der Waals surface area contributed by atoms with Gasteiger partial charge in [0.2, 0.25) is 0 Å². The Balaban J connectivity index is 2.27. The van der Waals surface area contributed by atoms with Crippen molar-refractivity contribution in [1.82, 2.24) is 9.97 Å². The molecule has 2 aromatic carbocycles. The monoisotopic (exact) mass is 285 g/mol. The Labute approximate surface area is 120 Å². The quantitative estimate of drug-likeness (QED) is 0.775. The topological polar surface area (TPSA) is 37.8 Å². The number of hydrogen-bond acceptors (Lipinski definition) is 3. The first kappa shape index (κ1) is 13.4. The largest absolute Gasteiger partial charge is 0.373 e. The Bertz CT molecular complexity index is 811. The van der Waals surface area contributed by atoms with Crippen molar-refractivity contribution in [3.05, 3.63) is 53.6 Å². The highest BCUT2D eigenvalue weighted by Gasteiger charge is 2.10. The molecule has 3 aromatic rings. The average molecular weight is 285 g/mol. The van der Waals surface area contributed by atoms with E-state index in [1.54, 1.807) is 26.1 Å². The molecule has 0 fully saturated rings. The molecule has 3 nitrogen and oxygen atoms in total. The fourth-order valence-electron chi connectivity index (χ4n) is 2.29. The first-order chi connectivity index (χ1) is 10.1. The molecule has 0 atom stereocenters. The molecule has 0 spiro atoms. The standard InChI is InChI=1S/C16H13F2N3/c1-9-5-10(7-12(18)6-9)15-20-14-8-11(17)3-4-13(14)16(19-2)21-15/h3-8H,1-2H3,(H,19,20,21). The van der Waals surface area contributed by atoms with Crippen molar-refractivity contribution in [2.24, 2.45) is 0 Å². The molecule has 1 N–H and O–H groups in total. The van der Waals surface area contributed by atoms with Gasteiger partial charge in [-0.1, -0.05) is 0 Å². The molecule has 0 bridgehead atoms. The van der Waals surface area contributed by atoms with E-state index in [0.717, 1.165) is 10.9 Å². The van der Waals surface area contributed by atoms with Crippen LogP contribution in [0.15, 0.2) is 36.4 Å². The number of hydrogen-bond donors (Lipinski definition) is 1. The van der Waals surface area contributed by atoms with Crippen LogP contribution in [0.5, 0.6) is 0 Å². The van der Waals surface area contributed by atoms with Gasteiger partial charge in [-0.3, -0.25) is 0 Å². The van der Waals surface area contributed by atoms with Gasteiger partial charge in [0.15, 0.2) is 5.82 Å². The lowest BCUT2D eigenvalue weighted by atomic mass is 10.1. The molecule has 0 aliphatic rings. The summed E-state index contributed by atoms with van der Waals surface area (Å²) in [6, 6.07) is 8.92. The van der Waals surface area contributed by atoms with Gasteiger partial charge >= 0.3 is 0 Å². The minimum Gasteiger partial charge on any atom is -0.373 e. The lowest BCUT2D eigenvalue weighted by molar-refractivity contribution is 0.626. The SMILES string of the molecule is CNc1nc(-c2cc(C)cc(F)c2)nc2cc(F)ccc12. The fraction of sp³-hybridized carbons (Fsp3) is 0.125. The van der Waals surface area contributed by atoms with Gasteiger partial charge in [0.1, 0.15) is 17.5 Å². The first-order valence-electron chi connectivity index (χ1n) is 6.49. The number of halogens is 2. The first-order valence-corrected chi connectivity index (χ1v) is 6.49. The maximum atomic E-state index is 13.5. The molecule has 1 heterocycles. The van der Waals surface area contributed by atoms with Crippen LogP contribution >= 0.6 is 0 Å². The van der Waals surface area contributed by atoms with Gasteiger partial charge in [0.25, 0.3) is 0 Å². The van der Waals surface area contributed by atoms with E-state index < -0.39 is 0 Å². The van der Waals surface area contributed by atoms with Crippen LogP contribution in [0.25, 0.3) is 22.3 Å². The Kier molecular flexibility index (Phi) is 3.25. The van der Waals surface area contributed by atoms with Crippen molar-refractivity contribution < 1.29 is 8.78 Å². The van der Waals surface area contributed by atoms with Crippen LogP contribution in [0.2, 0.25) is 0 Å². The molecule has 1 aromatic heterocycles. The summed E-state index contributed by atoms with van der Waals surface area (Å²) in [6.07, 6.45) is 0. The minimum atomic E-state index is -0.371. The summed E-state index contributed by atoms with van der Waals surface area (Å²) in [5.74, 6) is 0.223. The van der Waals surface area contributed by atoms with Crippen molar-refractivity contribution >= 4 is 16.7 Å². The summed E-state index contributed by atoms with van der Waals surface area (Å²) < 4.78 is 26.9. The maximum Gasteiger partial charge on any atom is 0.162 e. The molecular weight excluding hydrogens is 272 g/mol. The number of nitrogens with zero attached hydrogens (tertiary/aromatic N) is 2. The number of nitrogens with one attached hydrogen (secondary N) is 1. The summed E-state index contributed by atoms with van der Waals surface area (Å²) in [5.41, 5.74) is 1.82. The second-order valence-electron chi connectivity index (χ2n) is 4.82. The van der Waals surface area contributed by atoms with Crippen LogP contribution in [-0.4, -0.2) is 17.0 Å². The average Bonchev–Trinajstić information content (AvgIpc) is 2.44. The number of benzene rings is 2. The van der Waals surface area contributed by atoms with E-state index >= 15 is 0 Å². The minimum absolute atomic E-state index is 0.348. The van der Waals surface area contributed by atoms with E-state index in [1.807, 2.05) is 0 Å². The predicted octanol–water partition coefficient (Wildman–Crippen LogP) is 3.93. The third-order valence-corrected chi connectivity index (χ3v) is 3.20. The van der Waals surface area contributed by atoms with E-state index in [2.05, 4.69) is 15.3 Å². The van der Waals surface area contributed by atoms with Crippen molar-refractivity contribution in [2.45, 2.75) is 6.92 Å². The molecule has 0 radical (unpaired) electrons. The van der Waals surface area contributed by atoms with Gasteiger partial charge in [0, 0.05) is 24.1 Å². The van der Waals surface area contributed by atoms with Crippen LogP contribution < -0.4 is 5.32 Å². The lowest BCUT2D eigenvalue weighted by Gasteiger charge is -2.09. The summed E-state index contributed by atoms with van der Waals surface area (Å²) in [6.45, 7) is 1.80. The summed E-state index contributed by atoms with van der Waals surface area (Å²) >= 11 is 0. The number of fused-ring (bicyclic) bond motifs is 1. The molecule has 0 amide bonds. The molecule has 0 unspecified atom stereocenters. The second kappa shape index (κ2) is 5.09. The van der Waals surface area contributed by atoms with Crippen molar-refractivity contribution in [1.29, 1.82) is 0 Å². The Hall–Kier alpha value is -2.56. The molecule has 0 saturated carbocycles. The normalized spacial score (nSPS) is 10.9. The van der Waals surface area contributed by atoms with E-state index in [4.69, 9.17) is 0 Å². The van der Waals surface area contributed by atoms with Crippen LogP contribution in [0, 0.1) is 18.6 Å². The highest BCUT2D eigenvalue weighted by molar-refractivity contribution is 5.90. The molecule has 106 valence electrons. The van der Waals surface area contributed by atoms with Crippen LogP contribution in [0.1, 0.15) is 5.56 Å². The summed E-state index contributed by atoms with van der Waals surface area (Å²) in [5, 5.41) is 3.68. The zero-order valence-electron chi connectivity index (χ0n) is 11.6. The van der Waals surface area contributed by atoms with E-state index in [-0.39, 0.29) is 11.6 Å². The van der Waals surface area contributed by atoms with Gasteiger partial charge < -0.3 is 5.32 Å². The Morgan fingerprint density at radius 2 is 1.76 bits per heavy atom. The molecule has 0 aliphatic carbocycles. The van der Waals surface area contributed by atoms with Crippen LogP contribution in [0.4, 0.5) is 14.6 Å². The number of aryl methyl sites for hydroxylation is 1. The number of aromatic nitrogens is 2. The highest BCUT2D eigenvalue weighted by Crippen LogP contribution is 2.26. The third kappa shape index (κ3) is 2.54. The third-order valence-electron chi connectivity index (χ3n) is 3.20. The second-order valence-corrected chi connectivity index (χ2v) is 4.82. The van der Waals surface area contributed by atoms with Gasteiger partial charge in [-0.2, -0.15) is 0 Å². The highest BCUT2D eigenvalue weighted by atomic mass is 19.1. The zero-order valence-corrected chi connectivity index (χ0v) is 11.6. The lowest BCUT2D eigenvalue weighted by Crippen LogP contribution is -1.99. The van der Waals surface area contributed by atoms with E-state index in [0.29, 0.717) is 22.7 Å². The smallest absolute Gasteiger partial charge is 0.162 e. The van der Waals surface area contributed by atoms with Crippen molar-refractivity contribution in [3.8, 4) is 11.4 Å². The van der Waals surface area contributed by atoms with Crippen molar-refractivity contribution in [2.75, 3.05) is 12.4 Å². The molecule has 21 heavy (non-hydrogen) atoms. The fourth-order valence-corrected chi connectivity index (χ4v) is 2.29. The number of anilines is 1. The van der Waals surface area contributed by atoms with Gasteiger partial charge in [0.05, 0.1) is 5.52 Å². The summed E-state index contributed by atoms with van der Waals surface area (Å²) in [7, 11) is 1.73. The van der Waals surface area contributed by atoms with Crippen molar-refractivity contribution in [3.63, 3.8) is 0 Å². The molecule has 3 rings (SSSR count). The molecule has 0 aliphatic heterocycles. The van der Waals surface area contributed by atoms with Gasteiger partial charge in [-0.15, -0.1) is 0 Å². The molecule has 5 heteroatoms. The van der Waals surface area contributed by atoms with E-state index in [1.165, 1.54) is 24.3 Å². The Morgan fingerprint density at radius 3 is 2.48 bits per heavy atom. The van der Waals surface area contributed by atoms with Crippen LogP contribution in [-0.2, 0) is 0 Å². The molecule has 0 saturated heterocycles. The summed E-state index contributed by atoms with van der Waals surface area (Å²) in [4.78, 5) is 8.73. The number of rotatable bonds is 2. The maximum absolute atomic E-state index is 13.5. The van der Waals surface area contributed by atoms with Crippen LogP contribution in [0.3, 0.4) is 0 Å². The van der Waals surface area contributed by atoms with Gasteiger partial charge in [-0.25, -0.2) is 18.7 Å². The Morgan fingerprint density at radius 1 is 0.952 bits per heavy atom. The predicted molar refractivity (Wildman–Crippen MR) is 79.2 cm³/mol. The van der Waals surface area contributed by atoms with Gasteiger partial charge in [-0.05, 0) is 42.8 Å². The zero-order chi connectivity index (χ0) is 15.0. The van der Waals surface area contributed by atoms with E-state index in [9.17, 15) is 8.78 Å².